The molecule has 1 aliphatic rings. The topological polar surface area (TPSA) is 70.1 Å². The second-order valence-corrected chi connectivity index (χ2v) is 6.46. The summed E-state index contributed by atoms with van der Waals surface area (Å²) in [5.74, 6) is -1.38. The van der Waals surface area contributed by atoms with E-state index in [-0.39, 0.29) is 24.2 Å². The van der Waals surface area contributed by atoms with Crippen LogP contribution in [-0.2, 0) is 9.59 Å². The van der Waals surface area contributed by atoms with Crippen molar-refractivity contribution >= 4 is 11.9 Å². The molecule has 2 rings (SSSR count). The number of carboxylic acids is 1. The highest BCUT2D eigenvalue weighted by Gasteiger charge is 2.31. The number of benzene rings is 1. The summed E-state index contributed by atoms with van der Waals surface area (Å²) in [6.45, 7) is 5.56. The maximum absolute atomic E-state index is 13.8. The first-order chi connectivity index (χ1) is 12.5. The number of ether oxygens (including phenoxy) is 1. The third-order valence-corrected chi connectivity index (χ3v) is 4.79. The lowest BCUT2D eigenvalue weighted by Gasteiger charge is -2.38. The SMILES string of the molecule is CCC(Oc1ccccc1F)C(=O)N1CCC(N(CC)CC(=O)O)CC1. The second-order valence-electron chi connectivity index (χ2n) is 6.46. The van der Waals surface area contributed by atoms with Crippen LogP contribution < -0.4 is 4.74 Å². The average molecular weight is 366 g/mol. The molecule has 0 bridgehead atoms. The van der Waals surface area contributed by atoms with E-state index in [1.807, 2.05) is 18.7 Å². The molecule has 1 atom stereocenters. The van der Waals surface area contributed by atoms with Crippen molar-refractivity contribution in [3.05, 3.63) is 30.1 Å². The number of para-hydroxylation sites is 1. The second kappa shape index (κ2) is 9.52. The van der Waals surface area contributed by atoms with Gasteiger partial charge < -0.3 is 14.7 Å². The predicted molar refractivity (Wildman–Crippen MR) is 95.6 cm³/mol. The third kappa shape index (κ3) is 5.17. The zero-order valence-electron chi connectivity index (χ0n) is 15.4. The molecule has 1 aromatic carbocycles. The quantitative estimate of drug-likeness (QED) is 0.765. The molecule has 0 spiro atoms. The van der Waals surface area contributed by atoms with Gasteiger partial charge in [0.05, 0.1) is 6.54 Å². The summed E-state index contributed by atoms with van der Waals surface area (Å²) in [7, 11) is 0. The van der Waals surface area contributed by atoms with Crippen molar-refractivity contribution in [3.8, 4) is 5.75 Å². The van der Waals surface area contributed by atoms with E-state index in [1.54, 1.807) is 17.0 Å². The van der Waals surface area contributed by atoms with E-state index in [0.717, 1.165) is 12.8 Å². The van der Waals surface area contributed by atoms with Crippen molar-refractivity contribution in [2.45, 2.75) is 45.3 Å². The van der Waals surface area contributed by atoms with Gasteiger partial charge in [-0.05, 0) is 37.9 Å². The predicted octanol–water partition coefficient (Wildman–Crippen LogP) is 2.38. The van der Waals surface area contributed by atoms with Gasteiger partial charge in [-0.1, -0.05) is 26.0 Å². The Balaban J connectivity index is 1.93. The monoisotopic (exact) mass is 366 g/mol. The normalized spacial score (nSPS) is 16.5. The first kappa shape index (κ1) is 20.2. The van der Waals surface area contributed by atoms with Crippen LogP contribution in [0.15, 0.2) is 24.3 Å². The van der Waals surface area contributed by atoms with Crippen molar-refractivity contribution < 1.29 is 23.8 Å². The zero-order valence-corrected chi connectivity index (χ0v) is 15.4. The van der Waals surface area contributed by atoms with Crippen molar-refractivity contribution in [2.75, 3.05) is 26.2 Å². The Bertz CT molecular complexity index is 617. The first-order valence-electron chi connectivity index (χ1n) is 9.12. The molecule has 1 saturated heterocycles. The number of nitrogens with zero attached hydrogens (tertiary/aromatic N) is 2. The highest BCUT2D eigenvalue weighted by atomic mass is 19.1. The molecule has 0 saturated carbocycles. The number of amides is 1. The van der Waals surface area contributed by atoms with Crippen LogP contribution in [0.3, 0.4) is 0 Å². The van der Waals surface area contributed by atoms with Crippen LogP contribution in [0.25, 0.3) is 0 Å². The number of likely N-dealkylation sites (N-methyl/N-ethyl adjacent to an activating group) is 1. The molecule has 1 amide bonds. The van der Waals surface area contributed by atoms with Gasteiger partial charge in [0.1, 0.15) is 0 Å². The Kier molecular flexibility index (Phi) is 7.38. The van der Waals surface area contributed by atoms with Gasteiger partial charge in [0.2, 0.25) is 0 Å². The summed E-state index contributed by atoms with van der Waals surface area (Å²) in [6.07, 6.45) is 1.18. The molecule has 1 aliphatic heterocycles. The van der Waals surface area contributed by atoms with Crippen molar-refractivity contribution in [2.24, 2.45) is 0 Å². The zero-order chi connectivity index (χ0) is 19.1. The molecule has 0 aliphatic carbocycles. The molecule has 0 radical (unpaired) electrons. The fraction of sp³-hybridized carbons (Fsp3) is 0.579. The van der Waals surface area contributed by atoms with Crippen LogP contribution >= 0.6 is 0 Å². The largest absolute Gasteiger partial charge is 0.480 e. The molecule has 144 valence electrons. The third-order valence-electron chi connectivity index (χ3n) is 4.79. The summed E-state index contributed by atoms with van der Waals surface area (Å²) >= 11 is 0. The molecule has 1 fully saturated rings. The smallest absolute Gasteiger partial charge is 0.317 e. The van der Waals surface area contributed by atoms with Crippen molar-refractivity contribution in [1.82, 2.24) is 9.80 Å². The van der Waals surface area contributed by atoms with Gasteiger partial charge in [0.25, 0.3) is 5.91 Å². The number of halogens is 1. The van der Waals surface area contributed by atoms with Gasteiger partial charge >= 0.3 is 5.97 Å². The number of rotatable bonds is 8. The van der Waals surface area contributed by atoms with E-state index < -0.39 is 17.9 Å². The van der Waals surface area contributed by atoms with Gasteiger partial charge in [0, 0.05) is 19.1 Å². The summed E-state index contributed by atoms with van der Waals surface area (Å²) < 4.78 is 19.4. The molecular formula is C19H27FN2O4. The minimum atomic E-state index is -0.838. The highest BCUT2D eigenvalue weighted by Crippen LogP contribution is 2.21. The van der Waals surface area contributed by atoms with Crippen LogP contribution in [0.5, 0.6) is 5.75 Å². The molecular weight excluding hydrogens is 339 g/mol. The first-order valence-corrected chi connectivity index (χ1v) is 9.12. The molecule has 0 aromatic heterocycles. The fourth-order valence-electron chi connectivity index (χ4n) is 3.33. The fourth-order valence-corrected chi connectivity index (χ4v) is 3.33. The Hall–Kier alpha value is -2.15. The number of carbonyl (C=O) groups is 2. The van der Waals surface area contributed by atoms with E-state index in [4.69, 9.17) is 9.84 Å². The summed E-state index contributed by atoms with van der Waals surface area (Å²) in [5.41, 5.74) is 0. The molecule has 1 unspecified atom stereocenters. The van der Waals surface area contributed by atoms with E-state index in [1.165, 1.54) is 12.1 Å². The van der Waals surface area contributed by atoms with E-state index in [2.05, 4.69) is 0 Å². The summed E-state index contributed by atoms with van der Waals surface area (Å²) in [5, 5.41) is 9.00. The number of carboxylic acid groups (broad SMARTS) is 1. The van der Waals surface area contributed by atoms with Crippen LogP contribution in [0, 0.1) is 5.82 Å². The molecule has 1 heterocycles. The molecule has 6 nitrogen and oxygen atoms in total. The van der Waals surface area contributed by atoms with Gasteiger partial charge in [-0.25, -0.2) is 4.39 Å². The van der Waals surface area contributed by atoms with Gasteiger partial charge in [-0.2, -0.15) is 0 Å². The Morgan fingerprint density at radius 2 is 1.96 bits per heavy atom. The molecule has 7 heteroatoms. The number of likely N-dealkylation sites (tertiary alicyclic amines) is 1. The van der Waals surface area contributed by atoms with Crippen LogP contribution in [-0.4, -0.2) is 65.1 Å². The molecule has 26 heavy (non-hydrogen) atoms. The average Bonchev–Trinajstić information content (AvgIpc) is 2.65. The van der Waals surface area contributed by atoms with Crippen LogP contribution in [0.2, 0.25) is 0 Å². The van der Waals surface area contributed by atoms with Gasteiger partial charge in [0.15, 0.2) is 17.7 Å². The number of carbonyl (C=O) groups excluding carboxylic acids is 1. The summed E-state index contributed by atoms with van der Waals surface area (Å²) in [4.78, 5) is 27.4. The van der Waals surface area contributed by atoms with Crippen molar-refractivity contribution in [3.63, 3.8) is 0 Å². The van der Waals surface area contributed by atoms with Crippen LogP contribution in [0.1, 0.15) is 33.1 Å². The van der Waals surface area contributed by atoms with E-state index in [0.29, 0.717) is 26.1 Å². The highest BCUT2D eigenvalue weighted by molar-refractivity contribution is 5.81. The van der Waals surface area contributed by atoms with Gasteiger partial charge in [-0.15, -0.1) is 0 Å². The van der Waals surface area contributed by atoms with E-state index in [9.17, 15) is 14.0 Å². The number of hydrogen-bond acceptors (Lipinski definition) is 4. The maximum atomic E-state index is 13.8. The Labute approximate surface area is 153 Å². The summed E-state index contributed by atoms with van der Waals surface area (Å²) in [6, 6.07) is 6.23. The molecule has 1 N–H and O–H groups in total. The van der Waals surface area contributed by atoms with E-state index >= 15 is 0 Å². The number of aliphatic carboxylic acids is 1. The lowest BCUT2D eigenvalue weighted by molar-refractivity contribution is -0.142. The van der Waals surface area contributed by atoms with Gasteiger partial charge in [-0.3, -0.25) is 14.5 Å². The number of piperidine rings is 1. The Morgan fingerprint density at radius 3 is 2.50 bits per heavy atom. The maximum Gasteiger partial charge on any atom is 0.317 e. The minimum absolute atomic E-state index is 0.0170. The molecule has 1 aromatic rings. The Morgan fingerprint density at radius 1 is 1.31 bits per heavy atom. The lowest BCUT2D eigenvalue weighted by atomic mass is 10.0. The standard InChI is InChI=1S/C19H27FN2O4/c1-3-16(26-17-8-6-5-7-15(17)20)19(25)22-11-9-14(10-12-22)21(4-2)13-18(23)24/h5-8,14,16H,3-4,9-13H2,1-2H3,(H,23,24). The van der Waals surface area contributed by atoms with Crippen LogP contribution in [0.4, 0.5) is 4.39 Å². The minimum Gasteiger partial charge on any atom is -0.480 e. The van der Waals surface area contributed by atoms with Crippen molar-refractivity contribution in [1.29, 1.82) is 0 Å². The lowest BCUT2D eigenvalue weighted by Crippen LogP contribution is -2.51. The number of hydrogen-bond donors (Lipinski definition) is 1.